The van der Waals surface area contributed by atoms with Crippen molar-refractivity contribution in [3.8, 4) is 0 Å². The number of nitrogens with zero attached hydrogens (tertiary/aromatic N) is 4. The van der Waals surface area contributed by atoms with Gasteiger partial charge in [0.05, 0.1) is 9.95 Å². The molecule has 0 atom stereocenters. The number of piperazine rings is 1. The van der Waals surface area contributed by atoms with Crippen molar-refractivity contribution in [3.63, 3.8) is 0 Å². The molecule has 8 heteroatoms. The molecule has 3 rings (SSSR count). The molecule has 0 saturated carbocycles. The normalized spacial score (nSPS) is 20.8. The van der Waals surface area contributed by atoms with Gasteiger partial charge in [-0.3, -0.25) is 15.0 Å². The zero-order chi connectivity index (χ0) is 14.1. The highest BCUT2D eigenvalue weighted by atomic mass is 35.5. The van der Waals surface area contributed by atoms with E-state index in [0.29, 0.717) is 16.9 Å². The maximum absolute atomic E-state index is 11.1. The topological polar surface area (TPSA) is 74.5 Å². The molecule has 2 aliphatic heterocycles. The Labute approximate surface area is 121 Å². The van der Waals surface area contributed by atoms with Crippen LogP contribution in [0.3, 0.4) is 0 Å². The van der Waals surface area contributed by atoms with Crippen LogP contribution in [0.25, 0.3) is 0 Å². The molecule has 1 aromatic rings. The van der Waals surface area contributed by atoms with Crippen LogP contribution in [0.15, 0.2) is 12.3 Å². The van der Waals surface area contributed by atoms with Gasteiger partial charge in [-0.2, -0.15) is 0 Å². The number of hydrogen-bond acceptors (Lipinski definition) is 6. The average molecular weight is 298 g/mol. The van der Waals surface area contributed by atoms with Crippen molar-refractivity contribution in [2.45, 2.75) is 6.04 Å². The maximum Gasteiger partial charge on any atom is 0.313 e. The fourth-order valence-corrected chi connectivity index (χ4v) is 2.78. The van der Waals surface area contributed by atoms with Gasteiger partial charge in [0.25, 0.3) is 0 Å². The molecule has 1 N–H and O–H groups in total. The maximum atomic E-state index is 11.1. The summed E-state index contributed by atoms with van der Waals surface area (Å²) < 4.78 is 0. The van der Waals surface area contributed by atoms with E-state index < -0.39 is 4.92 Å². The molecule has 1 aromatic heterocycles. The Morgan fingerprint density at radius 3 is 2.60 bits per heavy atom. The van der Waals surface area contributed by atoms with Crippen LogP contribution in [-0.2, 0) is 0 Å². The van der Waals surface area contributed by atoms with Crippen LogP contribution in [-0.4, -0.2) is 60.1 Å². The van der Waals surface area contributed by atoms with Crippen LogP contribution in [0, 0.1) is 10.1 Å². The van der Waals surface area contributed by atoms with Gasteiger partial charge in [0.1, 0.15) is 0 Å². The largest absolute Gasteiger partial charge is 0.348 e. The molecule has 7 nitrogen and oxygen atoms in total. The smallest absolute Gasteiger partial charge is 0.313 e. The second-order valence-corrected chi connectivity index (χ2v) is 5.52. The average Bonchev–Trinajstić information content (AvgIpc) is 2.38. The summed E-state index contributed by atoms with van der Waals surface area (Å²) in [5.74, 6) is 0.422. The monoisotopic (exact) mass is 297 g/mol. The lowest BCUT2D eigenvalue weighted by atomic mass is 10.1. The first-order valence-electron chi connectivity index (χ1n) is 6.65. The van der Waals surface area contributed by atoms with E-state index in [-0.39, 0.29) is 5.69 Å². The molecule has 0 aromatic carbocycles. The van der Waals surface area contributed by atoms with E-state index in [4.69, 9.17) is 11.6 Å². The first kappa shape index (κ1) is 13.5. The molecule has 0 bridgehead atoms. The van der Waals surface area contributed by atoms with Crippen LogP contribution in [0.5, 0.6) is 0 Å². The predicted molar refractivity (Wildman–Crippen MR) is 76.3 cm³/mol. The minimum absolute atomic E-state index is 0.0174. The number of hydrogen-bond donors (Lipinski definition) is 1. The number of nitro groups is 1. The summed E-state index contributed by atoms with van der Waals surface area (Å²) >= 11 is 5.79. The van der Waals surface area contributed by atoms with Crippen LogP contribution in [0.2, 0.25) is 5.02 Å². The number of anilines is 1. The Morgan fingerprint density at radius 1 is 1.35 bits per heavy atom. The van der Waals surface area contributed by atoms with E-state index in [2.05, 4.69) is 15.2 Å². The van der Waals surface area contributed by atoms with E-state index >= 15 is 0 Å². The van der Waals surface area contributed by atoms with Crippen molar-refractivity contribution < 1.29 is 4.92 Å². The first-order chi connectivity index (χ1) is 9.65. The van der Waals surface area contributed by atoms with Crippen LogP contribution >= 0.6 is 11.6 Å². The number of rotatable bonds is 3. The van der Waals surface area contributed by atoms with E-state index in [1.165, 1.54) is 12.3 Å². The third kappa shape index (κ3) is 2.56. The summed E-state index contributed by atoms with van der Waals surface area (Å²) in [4.78, 5) is 19.2. The Hall–Kier alpha value is -1.44. The minimum atomic E-state index is -0.420. The van der Waals surface area contributed by atoms with Crippen molar-refractivity contribution in [3.05, 3.63) is 27.4 Å². The van der Waals surface area contributed by atoms with Crippen molar-refractivity contribution in [2.75, 3.05) is 44.2 Å². The lowest BCUT2D eigenvalue weighted by Gasteiger charge is -2.43. The molecule has 0 aliphatic carbocycles. The lowest BCUT2D eigenvalue weighted by Crippen LogP contribution is -2.61. The molecule has 3 heterocycles. The van der Waals surface area contributed by atoms with Crippen molar-refractivity contribution in [1.29, 1.82) is 0 Å². The highest BCUT2D eigenvalue weighted by Crippen LogP contribution is 2.29. The van der Waals surface area contributed by atoms with Crippen molar-refractivity contribution >= 4 is 23.1 Å². The van der Waals surface area contributed by atoms with Crippen LogP contribution in [0.4, 0.5) is 11.5 Å². The third-order valence-electron chi connectivity index (χ3n) is 3.90. The second-order valence-electron chi connectivity index (χ2n) is 5.09. The Bertz CT molecular complexity index is 515. The molecular weight excluding hydrogens is 282 g/mol. The van der Waals surface area contributed by atoms with Crippen LogP contribution < -0.4 is 10.2 Å². The van der Waals surface area contributed by atoms with E-state index in [9.17, 15) is 10.1 Å². The van der Waals surface area contributed by atoms with Gasteiger partial charge in [-0.1, -0.05) is 11.6 Å². The summed E-state index contributed by atoms with van der Waals surface area (Å²) in [5, 5.41) is 14.7. The molecule has 108 valence electrons. The van der Waals surface area contributed by atoms with Gasteiger partial charge in [-0.25, -0.2) is 4.98 Å². The summed E-state index contributed by atoms with van der Waals surface area (Å²) in [7, 11) is 0. The molecule has 0 radical (unpaired) electrons. The molecular formula is C12H16ClN5O2. The third-order valence-corrected chi connectivity index (χ3v) is 4.11. The predicted octanol–water partition coefficient (Wildman–Crippen LogP) is 0.737. The standard InChI is InChI=1S/C12H16ClN5O2/c13-9-5-11(18(19)20)12(15-6-9)17-3-1-16(2-4-17)10-7-14-8-10/h5-6,10,14H,1-4,7-8H2. The quantitative estimate of drug-likeness (QED) is 0.655. The van der Waals surface area contributed by atoms with E-state index in [1.54, 1.807) is 0 Å². The summed E-state index contributed by atoms with van der Waals surface area (Å²) in [6.45, 7) is 5.41. The van der Waals surface area contributed by atoms with Gasteiger partial charge >= 0.3 is 5.69 Å². The van der Waals surface area contributed by atoms with Gasteiger partial charge in [0, 0.05) is 57.6 Å². The molecule has 0 amide bonds. The van der Waals surface area contributed by atoms with E-state index in [0.717, 1.165) is 39.3 Å². The molecule has 0 spiro atoms. The number of pyridine rings is 1. The van der Waals surface area contributed by atoms with Gasteiger partial charge < -0.3 is 10.2 Å². The second kappa shape index (κ2) is 5.51. The molecule has 0 unspecified atom stereocenters. The summed E-state index contributed by atoms with van der Waals surface area (Å²) in [5.41, 5.74) is -0.0174. The Kier molecular flexibility index (Phi) is 3.73. The van der Waals surface area contributed by atoms with E-state index in [1.807, 2.05) is 4.90 Å². The lowest BCUT2D eigenvalue weighted by molar-refractivity contribution is -0.384. The Morgan fingerprint density at radius 2 is 2.05 bits per heavy atom. The highest BCUT2D eigenvalue weighted by Gasteiger charge is 2.30. The zero-order valence-electron chi connectivity index (χ0n) is 11.0. The molecule has 2 fully saturated rings. The van der Waals surface area contributed by atoms with Crippen molar-refractivity contribution in [1.82, 2.24) is 15.2 Å². The van der Waals surface area contributed by atoms with Gasteiger partial charge in [0.15, 0.2) is 0 Å². The van der Waals surface area contributed by atoms with Crippen molar-refractivity contribution in [2.24, 2.45) is 0 Å². The first-order valence-corrected chi connectivity index (χ1v) is 7.02. The fourth-order valence-electron chi connectivity index (χ4n) is 2.63. The van der Waals surface area contributed by atoms with Crippen LogP contribution in [0.1, 0.15) is 0 Å². The number of aromatic nitrogens is 1. The molecule has 20 heavy (non-hydrogen) atoms. The zero-order valence-corrected chi connectivity index (χ0v) is 11.7. The number of halogens is 1. The summed E-state index contributed by atoms with van der Waals surface area (Å²) in [6.07, 6.45) is 1.46. The van der Waals surface area contributed by atoms with Gasteiger partial charge in [-0.05, 0) is 0 Å². The molecule has 2 saturated heterocycles. The highest BCUT2D eigenvalue weighted by molar-refractivity contribution is 6.30. The summed E-state index contributed by atoms with van der Waals surface area (Å²) in [6, 6.07) is 1.98. The van der Waals surface area contributed by atoms with Gasteiger partial charge in [0.2, 0.25) is 5.82 Å². The van der Waals surface area contributed by atoms with Gasteiger partial charge in [-0.15, -0.1) is 0 Å². The minimum Gasteiger partial charge on any atom is -0.348 e. The number of nitrogens with one attached hydrogen (secondary N) is 1. The fraction of sp³-hybridized carbons (Fsp3) is 0.583. The Balaban J connectivity index is 1.72. The SMILES string of the molecule is O=[N+]([O-])c1cc(Cl)cnc1N1CCN(C2CNC2)CC1. The molecule has 2 aliphatic rings.